The number of anilines is 1. The van der Waals surface area contributed by atoms with Gasteiger partial charge in [0.25, 0.3) is 0 Å². The molecule has 0 spiro atoms. The quantitative estimate of drug-likeness (QED) is 0.328. The molecule has 1 aromatic heterocycles. The lowest BCUT2D eigenvalue weighted by atomic mass is 10.0. The van der Waals surface area contributed by atoms with Crippen LogP contribution in [0.5, 0.6) is 0 Å². The Kier molecular flexibility index (Phi) is 6.07. The largest absolute Gasteiger partial charge is 0.381 e. The summed E-state index contributed by atoms with van der Waals surface area (Å²) in [6, 6.07) is 22.3. The number of carbonyl (C=O) groups is 1. The highest BCUT2D eigenvalue weighted by Crippen LogP contribution is 2.33. The fourth-order valence-electron chi connectivity index (χ4n) is 3.40. The average molecular weight is 433 g/mol. The van der Waals surface area contributed by atoms with Gasteiger partial charge >= 0.3 is 0 Å². The Hall–Kier alpha value is -2.82. The number of rotatable bonds is 6. The van der Waals surface area contributed by atoms with Gasteiger partial charge in [-0.15, -0.1) is 0 Å². The van der Waals surface area contributed by atoms with E-state index in [9.17, 15) is 4.79 Å². The van der Waals surface area contributed by atoms with E-state index < -0.39 is 0 Å². The summed E-state index contributed by atoms with van der Waals surface area (Å²) in [5.74, 6) is 0.0129. The van der Waals surface area contributed by atoms with Crippen molar-refractivity contribution in [3.8, 4) is 0 Å². The summed E-state index contributed by atoms with van der Waals surface area (Å²) in [5, 5.41) is 5.15. The van der Waals surface area contributed by atoms with E-state index in [4.69, 9.17) is 11.6 Å². The molecule has 1 heterocycles. The number of halogens is 1. The number of fused-ring (bicyclic) bond motifs is 1. The Morgan fingerprint density at radius 2 is 1.90 bits per heavy atom. The Labute approximate surface area is 185 Å². The number of pyridine rings is 1. The molecule has 0 aliphatic heterocycles. The summed E-state index contributed by atoms with van der Waals surface area (Å²) in [4.78, 5) is 18.7. The number of Topliss-reactive ketones (excluding diaryl/α,β-unsaturated/α-hetero) is 1. The van der Waals surface area contributed by atoms with E-state index in [1.165, 1.54) is 10.5 Å². The van der Waals surface area contributed by atoms with Crippen molar-refractivity contribution in [2.24, 2.45) is 0 Å². The highest BCUT2D eigenvalue weighted by Gasteiger charge is 2.11. The molecule has 1 N–H and O–H groups in total. The Balaban J connectivity index is 1.57. The molecule has 30 heavy (non-hydrogen) atoms. The van der Waals surface area contributed by atoms with Crippen molar-refractivity contribution in [3.63, 3.8) is 0 Å². The van der Waals surface area contributed by atoms with Crippen molar-refractivity contribution in [1.29, 1.82) is 0 Å². The lowest BCUT2D eigenvalue weighted by molar-refractivity contribution is 0.101. The van der Waals surface area contributed by atoms with Crippen molar-refractivity contribution in [2.75, 3.05) is 5.32 Å². The predicted octanol–water partition coefficient (Wildman–Crippen LogP) is 7.16. The Morgan fingerprint density at radius 1 is 1.07 bits per heavy atom. The SMILES string of the molecule is CC(=O)c1cc(Cl)cc(NCc2ccccc2Sc2ccc3cccnc3c2)c1C. The molecule has 4 aromatic rings. The molecule has 3 aromatic carbocycles. The van der Waals surface area contributed by atoms with E-state index in [2.05, 4.69) is 46.7 Å². The maximum atomic E-state index is 11.9. The molecule has 0 saturated carbocycles. The van der Waals surface area contributed by atoms with Gasteiger partial charge in [0.2, 0.25) is 0 Å². The molecule has 0 aliphatic carbocycles. The fourth-order valence-corrected chi connectivity index (χ4v) is 4.60. The fraction of sp³-hybridized carbons (Fsp3) is 0.120. The first-order valence-corrected chi connectivity index (χ1v) is 10.9. The molecule has 0 fully saturated rings. The maximum absolute atomic E-state index is 11.9. The van der Waals surface area contributed by atoms with Crippen LogP contribution in [0.3, 0.4) is 0 Å². The third kappa shape index (κ3) is 4.50. The first-order valence-electron chi connectivity index (χ1n) is 9.67. The summed E-state index contributed by atoms with van der Waals surface area (Å²) in [6.07, 6.45) is 1.82. The minimum absolute atomic E-state index is 0.0129. The zero-order valence-corrected chi connectivity index (χ0v) is 18.3. The van der Waals surface area contributed by atoms with Crippen LogP contribution >= 0.6 is 23.4 Å². The van der Waals surface area contributed by atoms with Gasteiger partial charge < -0.3 is 5.32 Å². The topological polar surface area (TPSA) is 42.0 Å². The van der Waals surface area contributed by atoms with E-state index in [-0.39, 0.29) is 5.78 Å². The average Bonchev–Trinajstić information content (AvgIpc) is 2.74. The van der Waals surface area contributed by atoms with E-state index in [1.807, 2.05) is 37.4 Å². The zero-order valence-electron chi connectivity index (χ0n) is 16.8. The molecule has 4 rings (SSSR count). The number of hydrogen-bond donors (Lipinski definition) is 1. The highest BCUT2D eigenvalue weighted by atomic mass is 35.5. The number of ketones is 1. The summed E-state index contributed by atoms with van der Waals surface area (Å²) < 4.78 is 0. The van der Waals surface area contributed by atoms with Crippen LogP contribution in [-0.2, 0) is 6.54 Å². The van der Waals surface area contributed by atoms with E-state index >= 15 is 0 Å². The van der Waals surface area contributed by atoms with Crippen molar-refractivity contribution in [2.45, 2.75) is 30.2 Å². The van der Waals surface area contributed by atoms with Crippen molar-refractivity contribution >= 4 is 45.7 Å². The molecule has 150 valence electrons. The minimum atomic E-state index is 0.0129. The summed E-state index contributed by atoms with van der Waals surface area (Å²) in [5.41, 5.74) is 4.60. The molecule has 0 radical (unpaired) electrons. The van der Waals surface area contributed by atoms with Gasteiger partial charge in [-0.1, -0.05) is 53.7 Å². The number of nitrogens with one attached hydrogen (secondary N) is 1. The monoisotopic (exact) mass is 432 g/mol. The predicted molar refractivity (Wildman–Crippen MR) is 126 cm³/mol. The second-order valence-corrected chi connectivity index (χ2v) is 8.66. The van der Waals surface area contributed by atoms with Crippen LogP contribution in [0.2, 0.25) is 5.02 Å². The Morgan fingerprint density at radius 3 is 2.73 bits per heavy atom. The molecule has 0 amide bonds. The van der Waals surface area contributed by atoms with Gasteiger partial charge in [-0.05, 0) is 61.4 Å². The van der Waals surface area contributed by atoms with E-state index in [0.717, 1.165) is 27.0 Å². The highest BCUT2D eigenvalue weighted by molar-refractivity contribution is 7.99. The van der Waals surface area contributed by atoms with Gasteiger partial charge in [0.05, 0.1) is 5.52 Å². The molecule has 3 nitrogen and oxygen atoms in total. The van der Waals surface area contributed by atoms with Crippen molar-refractivity contribution < 1.29 is 4.79 Å². The maximum Gasteiger partial charge on any atom is 0.160 e. The molecular weight excluding hydrogens is 412 g/mol. The summed E-state index contributed by atoms with van der Waals surface area (Å²) in [7, 11) is 0. The molecule has 0 atom stereocenters. The van der Waals surface area contributed by atoms with Gasteiger partial charge in [0.15, 0.2) is 5.78 Å². The van der Waals surface area contributed by atoms with Crippen molar-refractivity contribution in [1.82, 2.24) is 4.98 Å². The summed E-state index contributed by atoms with van der Waals surface area (Å²) in [6.45, 7) is 4.14. The lowest BCUT2D eigenvalue weighted by Crippen LogP contribution is -2.05. The molecule has 0 unspecified atom stereocenters. The minimum Gasteiger partial charge on any atom is -0.381 e. The van der Waals surface area contributed by atoms with E-state index in [0.29, 0.717) is 17.1 Å². The molecule has 0 aliphatic rings. The van der Waals surface area contributed by atoms with Crippen LogP contribution in [0.1, 0.15) is 28.4 Å². The smallest absolute Gasteiger partial charge is 0.160 e. The molecular formula is C25H21ClN2OS. The molecule has 0 bridgehead atoms. The number of nitrogens with zero attached hydrogens (tertiary/aromatic N) is 1. The normalized spacial score (nSPS) is 10.9. The van der Waals surface area contributed by atoms with Gasteiger partial charge in [-0.3, -0.25) is 9.78 Å². The van der Waals surface area contributed by atoms with Gasteiger partial charge in [-0.25, -0.2) is 0 Å². The third-order valence-corrected chi connectivity index (χ3v) is 6.32. The lowest BCUT2D eigenvalue weighted by Gasteiger charge is -2.15. The number of carbonyl (C=O) groups excluding carboxylic acids is 1. The van der Waals surface area contributed by atoms with Crippen LogP contribution < -0.4 is 5.32 Å². The second kappa shape index (κ2) is 8.90. The van der Waals surface area contributed by atoms with Crippen LogP contribution in [0.25, 0.3) is 10.9 Å². The van der Waals surface area contributed by atoms with Crippen LogP contribution in [0.15, 0.2) is 82.7 Å². The number of hydrogen-bond acceptors (Lipinski definition) is 4. The van der Waals surface area contributed by atoms with Crippen molar-refractivity contribution in [3.05, 3.63) is 94.6 Å². The Bertz CT molecular complexity index is 1240. The molecule has 0 saturated heterocycles. The standard InChI is InChI=1S/C25H21ClN2OS/c1-16-22(17(2)29)12-20(26)13-23(16)28-15-19-6-3-4-8-25(19)30-21-10-9-18-7-5-11-27-24(18)14-21/h3-14,28H,15H2,1-2H3. The van der Waals surface area contributed by atoms with Crippen LogP contribution in [0, 0.1) is 6.92 Å². The third-order valence-electron chi connectivity index (χ3n) is 5.00. The van der Waals surface area contributed by atoms with Gasteiger partial charge in [0, 0.05) is 44.2 Å². The second-order valence-electron chi connectivity index (χ2n) is 7.10. The molecule has 5 heteroatoms. The zero-order chi connectivity index (χ0) is 21.1. The summed E-state index contributed by atoms with van der Waals surface area (Å²) >= 11 is 7.95. The first kappa shape index (κ1) is 20.5. The number of benzene rings is 3. The first-order chi connectivity index (χ1) is 14.5. The van der Waals surface area contributed by atoms with Crippen LogP contribution in [-0.4, -0.2) is 10.8 Å². The van der Waals surface area contributed by atoms with Gasteiger partial charge in [-0.2, -0.15) is 0 Å². The van der Waals surface area contributed by atoms with Crippen LogP contribution in [0.4, 0.5) is 5.69 Å². The van der Waals surface area contributed by atoms with E-state index in [1.54, 1.807) is 24.8 Å². The van der Waals surface area contributed by atoms with Gasteiger partial charge in [0.1, 0.15) is 0 Å². The number of aromatic nitrogens is 1.